The summed E-state index contributed by atoms with van der Waals surface area (Å²) < 4.78 is 0. The van der Waals surface area contributed by atoms with Gasteiger partial charge < -0.3 is 11.1 Å². The van der Waals surface area contributed by atoms with Gasteiger partial charge in [0.2, 0.25) is 0 Å². The van der Waals surface area contributed by atoms with E-state index in [1.807, 2.05) is 18.5 Å². The Morgan fingerprint density at radius 3 is 2.56 bits per heavy atom. The van der Waals surface area contributed by atoms with E-state index >= 15 is 0 Å². The largest absolute Gasteiger partial charge is 0.330 e. The first-order valence-electron chi connectivity index (χ1n) is 6.69. The van der Waals surface area contributed by atoms with Crippen molar-refractivity contribution >= 4 is 0 Å². The molecule has 0 atom stereocenters. The molecule has 0 unspecified atom stereocenters. The van der Waals surface area contributed by atoms with E-state index in [9.17, 15) is 0 Å². The van der Waals surface area contributed by atoms with Gasteiger partial charge in [-0.05, 0) is 36.6 Å². The van der Waals surface area contributed by atoms with Gasteiger partial charge in [0.05, 0.1) is 0 Å². The van der Waals surface area contributed by atoms with Crippen LogP contribution < -0.4 is 11.1 Å². The van der Waals surface area contributed by atoms with Crippen LogP contribution in [0.25, 0.3) is 0 Å². The van der Waals surface area contributed by atoms with Crippen LogP contribution in [0.3, 0.4) is 0 Å². The topological polar surface area (TPSA) is 50.9 Å². The fourth-order valence-electron chi connectivity index (χ4n) is 1.79. The van der Waals surface area contributed by atoms with E-state index in [2.05, 4.69) is 44.1 Å². The Labute approximate surface area is 111 Å². The van der Waals surface area contributed by atoms with Crippen LogP contribution in [-0.4, -0.2) is 24.6 Å². The molecule has 0 aliphatic rings. The molecule has 0 saturated carbocycles. The summed E-state index contributed by atoms with van der Waals surface area (Å²) in [6.07, 6.45) is 4.87. The highest BCUT2D eigenvalue weighted by Gasteiger charge is 2.21. The highest BCUT2D eigenvalue weighted by atomic mass is 14.9. The van der Waals surface area contributed by atoms with Crippen LogP contribution >= 0.6 is 0 Å². The van der Waals surface area contributed by atoms with E-state index in [0.29, 0.717) is 0 Å². The lowest BCUT2D eigenvalue weighted by Gasteiger charge is -2.27. The van der Waals surface area contributed by atoms with E-state index in [-0.39, 0.29) is 10.8 Å². The van der Waals surface area contributed by atoms with Crippen LogP contribution in [-0.2, 0) is 5.41 Å². The van der Waals surface area contributed by atoms with Gasteiger partial charge >= 0.3 is 0 Å². The molecular formula is C15H27N3. The minimum atomic E-state index is 0.112. The fraction of sp³-hybridized carbons (Fsp3) is 0.667. The molecule has 0 amide bonds. The molecule has 3 nitrogen and oxygen atoms in total. The second-order valence-electron chi connectivity index (χ2n) is 6.42. The first kappa shape index (κ1) is 15.1. The minimum Gasteiger partial charge on any atom is -0.330 e. The van der Waals surface area contributed by atoms with E-state index in [1.54, 1.807) is 0 Å². The maximum absolute atomic E-state index is 5.73. The summed E-state index contributed by atoms with van der Waals surface area (Å²) in [5, 5.41) is 3.53. The van der Waals surface area contributed by atoms with Crippen LogP contribution in [0.15, 0.2) is 24.5 Å². The van der Waals surface area contributed by atoms with Crippen molar-refractivity contribution in [2.45, 2.75) is 39.5 Å². The maximum atomic E-state index is 5.73. The standard InChI is InChI=1S/C15H27N3/c1-14(2,11-16)7-9-18-12-15(3,4)13-6-5-8-17-10-13/h5-6,8,10,18H,7,9,11-12,16H2,1-4H3. The average Bonchev–Trinajstić information content (AvgIpc) is 2.36. The highest BCUT2D eigenvalue weighted by Crippen LogP contribution is 2.21. The van der Waals surface area contributed by atoms with E-state index in [0.717, 1.165) is 26.1 Å². The highest BCUT2D eigenvalue weighted by molar-refractivity contribution is 5.19. The lowest BCUT2D eigenvalue weighted by atomic mass is 9.85. The van der Waals surface area contributed by atoms with Crippen molar-refractivity contribution in [3.05, 3.63) is 30.1 Å². The Kier molecular flexibility index (Phi) is 5.29. The summed E-state index contributed by atoms with van der Waals surface area (Å²) in [5.74, 6) is 0. The molecule has 0 saturated heterocycles. The molecule has 3 heteroatoms. The molecule has 0 radical (unpaired) electrons. The molecular weight excluding hydrogens is 222 g/mol. The zero-order valence-corrected chi connectivity index (χ0v) is 12.2. The second-order valence-corrected chi connectivity index (χ2v) is 6.42. The summed E-state index contributed by atoms with van der Waals surface area (Å²) in [7, 11) is 0. The van der Waals surface area contributed by atoms with Crippen LogP contribution in [0.4, 0.5) is 0 Å². The molecule has 1 heterocycles. The third-order valence-corrected chi connectivity index (χ3v) is 3.54. The summed E-state index contributed by atoms with van der Waals surface area (Å²) in [4.78, 5) is 4.19. The number of rotatable bonds is 7. The maximum Gasteiger partial charge on any atom is 0.0305 e. The van der Waals surface area contributed by atoms with Crippen LogP contribution in [0.5, 0.6) is 0 Å². The Morgan fingerprint density at radius 1 is 1.28 bits per heavy atom. The zero-order valence-electron chi connectivity index (χ0n) is 12.2. The van der Waals surface area contributed by atoms with Gasteiger partial charge in [-0.3, -0.25) is 4.98 Å². The van der Waals surface area contributed by atoms with Crippen molar-refractivity contribution in [3.8, 4) is 0 Å². The quantitative estimate of drug-likeness (QED) is 0.729. The Balaban J connectivity index is 2.39. The predicted octanol–water partition coefficient (Wildman–Crippen LogP) is 2.32. The van der Waals surface area contributed by atoms with Crippen molar-refractivity contribution in [2.75, 3.05) is 19.6 Å². The van der Waals surface area contributed by atoms with Gasteiger partial charge in [0.25, 0.3) is 0 Å². The van der Waals surface area contributed by atoms with E-state index in [1.165, 1.54) is 5.56 Å². The number of aromatic nitrogens is 1. The lowest BCUT2D eigenvalue weighted by molar-refractivity contribution is 0.331. The van der Waals surface area contributed by atoms with Crippen molar-refractivity contribution in [1.29, 1.82) is 0 Å². The molecule has 18 heavy (non-hydrogen) atoms. The first-order valence-corrected chi connectivity index (χ1v) is 6.69. The summed E-state index contributed by atoms with van der Waals surface area (Å²) in [6.45, 7) is 11.6. The van der Waals surface area contributed by atoms with Crippen molar-refractivity contribution in [3.63, 3.8) is 0 Å². The van der Waals surface area contributed by atoms with E-state index in [4.69, 9.17) is 5.73 Å². The number of hydrogen-bond acceptors (Lipinski definition) is 3. The zero-order chi connectivity index (χ0) is 13.6. The second kappa shape index (κ2) is 6.30. The normalized spacial score (nSPS) is 12.7. The monoisotopic (exact) mass is 249 g/mol. The molecule has 0 fully saturated rings. The van der Waals surface area contributed by atoms with Crippen molar-refractivity contribution in [1.82, 2.24) is 10.3 Å². The fourth-order valence-corrected chi connectivity index (χ4v) is 1.79. The molecule has 3 N–H and O–H groups in total. The van der Waals surface area contributed by atoms with Gasteiger partial charge in [0, 0.05) is 24.4 Å². The summed E-state index contributed by atoms with van der Waals surface area (Å²) in [5.41, 5.74) is 7.34. The molecule has 0 aliphatic carbocycles. The molecule has 102 valence electrons. The first-order chi connectivity index (χ1) is 8.37. The number of nitrogens with one attached hydrogen (secondary N) is 1. The van der Waals surface area contributed by atoms with E-state index < -0.39 is 0 Å². The number of nitrogens with zero attached hydrogens (tertiary/aromatic N) is 1. The third-order valence-electron chi connectivity index (χ3n) is 3.54. The van der Waals surface area contributed by atoms with Gasteiger partial charge in [0.15, 0.2) is 0 Å². The van der Waals surface area contributed by atoms with Crippen LogP contribution in [0, 0.1) is 5.41 Å². The SMILES string of the molecule is CC(C)(CN)CCNCC(C)(C)c1cccnc1. The van der Waals surface area contributed by atoms with Crippen LogP contribution in [0.2, 0.25) is 0 Å². The predicted molar refractivity (Wildman–Crippen MR) is 77.6 cm³/mol. The minimum absolute atomic E-state index is 0.112. The number of nitrogens with two attached hydrogens (primary N) is 1. The molecule has 0 spiro atoms. The van der Waals surface area contributed by atoms with Gasteiger partial charge in [-0.1, -0.05) is 33.8 Å². The molecule has 0 bridgehead atoms. The molecule has 1 aromatic heterocycles. The smallest absolute Gasteiger partial charge is 0.0305 e. The molecule has 1 rings (SSSR count). The average molecular weight is 249 g/mol. The third kappa shape index (κ3) is 4.75. The van der Waals surface area contributed by atoms with Gasteiger partial charge in [0.1, 0.15) is 0 Å². The number of pyridine rings is 1. The summed E-state index contributed by atoms with van der Waals surface area (Å²) >= 11 is 0. The molecule has 0 aliphatic heterocycles. The Bertz CT molecular complexity index is 344. The molecule has 1 aromatic rings. The Hall–Kier alpha value is -0.930. The number of hydrogen-bond donors (Lipinski definition) is 2. The van der Waals surface area contributed by atoms with Crippen molar-refractivity contribution < 1.29 is 0 Å². The Morgan fingerprint density at radius 2 is 2.00 bits per heavy atom. The molecule has 0 aromatic carbocycles. The van der Waals surface area contributed by atoms with Gasteiger partial charge in [-0.15, -0.1) is 0 Å². The van der Waals surface area contributed by atoms with Gasteiger partial charge in [-0.25, -0.2) is 0 Å². The summed E-state index contributed by atoms with van der Waals surface area (Å²) in [6, 6.07) is 4.13. The van der Waals surface area contributed by atoms with Gasteiger partial charge in [-0.2, -0.15) is 0 Å². The van der Waals surface area contributed by atoms with Crippen LogP contribution in [0.1, 0.15) is 39.7 Å². The van der Waals surface area contributed by atoms with Crippen molar-refractivity contribution in [2.24, 2.45) is 11.1 Å². The lowest BCUT2D eigenvalue weighted by Crippen LogP contribution is -2.36.